The number of aryl methyl sites for hydroxylation is 2. The molecule has 22 heavy (non-hydrogen) atoms. The SMILES string of the molecule is CCOc1ccccc1C(=O)NS(=O)(=O)c1c(C)noc1C. The molecule has 7 nitrogen and oxygen atoms in total. The van der Waals surface area contributed by atoms with E-state index in [1.165, 1.54) is 19.9 Å². The molecule has 1 heterocycles. The third-order valence-electron chi connectivity index (χ3n) is 2.90. The molecule has 0 aliphatic carbocycles. The molecule has 0 spiro atoms. The van der Waals surface area contributed by atoms with Gasteiger partial charge in [0.15, 0.2) is 10.7 Å². The summed E-state index contributed by atoms with van der Waals surface area (Å²) in [5.74, 6) is -0.337. The van der Waals surface area contributed by atoms with Gasteiger partial charge in [-0.1, -0.05) is 17.3 Å². The minimum absolute atomic E-state index is 0.121. The van der Waals surface area contributed by atoms with Crippen LogP contribution in [-0.4, -0.2) is 26.1 Å². The second-order valence-corrected chi connectivity index (χ2v) is 6.14. The summed E-state index contributed by atoms with van der Waals surface area (Å²) in [6, 6.07) is 6.41. The smallest absolute Gasteiger partial charge is 0.269 e. The number of aromatic nitrogens is 1. The summed E-state index contributed by atoms with van der Waals surface area (Å²) in [4.78, 5) is 12.1. The number of nitrogens with zero attached hydrogens (tertiary/aromatic N) is 1. The van der Waals surface area contributed by atoms with Crippen LogP contribution in [0.2, 0.25) is 0 Å². The number of nitrogens with one attached hydrogen (secondary N) is 1. The number of ether oxygens (including phenoxy) is 1. The summed E-state index contributed by atoms with van der Waals surface area (Å²) in [7, 11) is -4.07. The molecule has 1 aromatic carbocycles. The van der Waals surface area contributed by atoms with Gasteiger partial charge in [-0.2, -0.15) is 0 Å². The lowest BCUT2D eigenvalue weighted by molar-refractivity contribution is 0.0977. The molecule has 1 amide bonds. The standard InChI is InChI=1S/C14H16N2O5S/c1-4-20-12-8-6-5-7-11(12)14(17)16-22(18,19)13-9(2)15-21-10(13)3/h5-8H,4H2,1-3H3,(H,16,17). The zero-order valence-corrected chi connectivity index (χ0v) is 13.2. The van der Waals surface area contributed by atoms with Crippen LogP contribution in [0.3, 0.4) is 0 Å². The van der Waals surface area contributed by atoms with Crippen molar-refractivity contribution in [2.75, 3.05) is 6.61 Å². The van der Waals surface area contributed by atoms with Crippen LogP contribution < -0.4 is 9.46 Å². The van der Waals surface area contributed by atoms with Crippen molar-refractivity contribution < 1.29 is 22.5 Å². The van der Waals surface area contributed by atoms with Crippen molar-refractivity contribution in [3.8, 4) is 5.75 Å². The predicted octanol–water partition coefficient (Wildman–Crippen LogP) is 1.81. The Morgan fingerprint density at radius 3 is 2.59 bits per heavy atom. The molecule has 1 aromatic heterocycles. The lowest BCUT2D eigenvalue weighted by Crippen LogP contribution is -2.31. The van der Waals surface area contributed by atoms with Crippen molar-refractivity contribution in [3.63, 3.8) is 0 Å². The van der Waals surface area contributed by atoms with Crippen LogP contribution in [0.4, 0.5) is 0 Å². The van der Waals surface area contributed by atoms with Crippen LogP contribution >= 0.6 is 0 Å². The number of benzene rings is 1. The number of carbonyl (C=O) groups excluding carboxylic acids is 1. The minimum Gasteiger partial charge on any atom is -0.493 e. The van der Waals surface area contributed by atoms with E-state index in [4.69, 9.17) is 9.26 Å². The van der Waals surface area contributed by atoms with Gasteiger partial charge >= 0.3 is 0 Å². The number of rotatable bonds is 5. The van der Waals surface area contributed by atoms with E-state index in [2.05, 4.69) is 5.16 Å². The monoisotopic (exact) mass is 324 g/mol. The Hall–Kier alpha value is -2.35. The molecule has 8 heteroatoms. The predicted molar refractivity (Wildman–Crippen MR) is 78.2 cm³/mol. The summed E-state index contributed by atoms with van der Waals surface area (Å²) in [6.07, 6.45) is 0. The van der Waals surface area contributed by atoms with Gasteiger partial charge in [-0.15, -0.1) is 0 Å². The van der Waals surface area contributed by atoms with Crippen molar-refractivity contribution in [2.24, 2.45) is 0 Å². The lowest BCUT2D eigenvalue weighted by atomic mass is 10.2. The molecule has 0 bridgehead atoms. The third-order valence-corrected chi connectivity index (χ3v) is 4.47. The number of hydrogen-bond donors (Lipinski definition) is 1. The van der Waals surface area contributed by atoms with Crippen molar-refractivity contribution in [1.29, 1.82) is 0 Å². The number of carbonyl (C=O) groups is 1. The Balaban J connectivity index is 2.33. The van der Waals surface area contributed by atoms with Gasteiger partial charge in [-0.3, -0.25) is 4.79 Å². The van der Waals surface area contributed by atoms with Gasteiger partial charge in [-0.05, 0) is 32.9 Å². The zero-order valence-electron chi connectivity index (χ0n) is 12.4. The molecule has 2 rings (SSSR count). The van der Waals surface area contributed by atoms with Crippen LogP contribution in [0.25, 0.3) is 0 Å². The Morgan fingerprint density at radius 2 is 2.00 bits per heavy atom. The van der Waals surface area contributed by atoms with Gasteiger partial charge in [0.1, 0.15) is 11.4 Å². The Morgan fingerprint density at radius 1 is 1.32 bits per heavy atom. The highest BCUT2D eigenvalue weighted by atomic mass is 32.2. The van der Waals surface area contributed by atoms with Crippen LogP contribution in [0, 0.1) is 13.8 Å². The molecule has 0 aliphatic heterocycles. The van der Waals surface area contributed by atoms with E-state index >= 15 is 0 Å². The first-order valence-electron chi connectivity index (χ1n) is 6.58. The molecule has 1 N–H and O–H groups in total. The molecule has 0 atom stereocenters. The van der Waals surface area contributed by atoms with Crippen LogP contribution in [0.5, 0.6) is 5.75 Å². The second kappa shape index (κ2) is 6.18. The lowest BCUT2D eigenvalue weighted by Gasteiger charge is -2.10. The van der Waals surface area contributed by atoms with E-state index in [1.807, 2.05) is 4.72 Å². The Bertz CT molecular complexity index is 776. The molecule has 0 fully saturated rings. The molecule has 0 radical (unpaired) electrons. The van der Waals surface area contributed by atoms with Crippen molar-refractivity contribution in [3.05, 3.63) is 41.3 Å². The van der Waals surface area contributed by atoms with E-state index < -0.39 is 15.9 Å². The zero-order chi connectivity index (χ0) is 16.3. The fourth-order valence-corrected chi connectivity index (χ4v) is 3.32. The Labute approximate surface area is 128 Å². The number of para-hydroxylation sites is 1. The van der Waals surface area contributed by atoms with Crippen LogP contribution in [0.15, 0.2) is 33.7 Å². The van der Waals surface area contributed by atoms with Gasteiger partial charge in [0, 0.05) is 0 Å². The summed E-state index contributed by atoms with van der Waals surface area (Å²) >= 11 is 0. The van der Waals surface area contributed by atoms with E-state index in [0.717, 1.165) is 0 Å². The molecular weight excluding hydrogens is 308 g/mol. The fourth-order valence-electron chi connectivity index (χ4n) is 2.02. The maximum absolute atomic E-state index is 12.3. The molecule has 0 aliphatic rings. The highest BCUT2D eigenvalue weighted by Crippen LogP contribution is 2.21. The topological polar surface area (TPSA) is 98.5 Å². The van der Waals surface area contributed by atoms with Gasteiger partial charge in [0.25, 0.3) is 15.9 Å². The van der Waals surface area contributed by atoms with Crippen molar-refractivity contribution in [2.45, 2.75) is 25.7 Å². The maximum atomic E-state index is 12.3. The maximum Gasteiger partial charge on any atom is 0.269 e. The molecule has 0 saturated carbocycles. The number of amides is 1. The quantitative estimate of drug-likeness (QED) is 0.900. The fraction of sp³-hybridized carbons (Fsp3) is 0.286. The normalized spacial score (nSPS) is 11.2. The van der Waals surface area contributed by atoms with Gasteiger partial charge in [0.05, 0.1) is 12.2 Å². The number of sulfonamides is 1. The van der Waals surface area contributed by atoms with Crippen molar-refractivity contribution >= 4 is 15.9 Å². The van der Waals surface area contributed by atoms with E-state index in [1.54, 1.807) is 25.1 Å². The van der Waals surface area contributed by atoms with Crippen LogP contribution in [0.1, 0.15) is 28.7 Å². The van der Waals surface area contributed by atoms with E-state index in [-0.39, 0.29) is 21.9 Å². The van der Waals surface area contributed by atoms with E-state index in [0.29, 0.717) is 12.4 Å². The number of hydrogen-bond acceptors (Lipinski definition) is 6. The largest absolute Gasteiger partial charge is 0.493 e. The Kier molecular flexibility index (Phi) is 4.51. The van der Waals surface area contributed by atoms with Gasteiger partial charge in [-0.25, -0.2) is 13.1 Å². The van der Waals surface area contributed by atoms with E-state index in [9.17, 15) is 13.2 Å². The summed E-state index contributed by atoms with van der Waals surface area (Å²) in [5, 5.41) is 3.58. The highest BCUT2D eigenvalue weighted by molar-refractivity contribution is 7.90. The first-order valence-corrected chi connectivity index (χ1v) is 8.07. The molecule has 0 saturated heterocycles. The summed E-state index contributed by atoms with van der Waals surface area (Å²) < 4.78 is 36.8. The minimum atomic E-state index is -4.07. The molecule has 118 valence electrons. The van der Waals surface area contributed by atoms with Gasteiger partial charge < -0.3 is 9.26 Å². The third kappa shape index (κ3) is 3.11. The summed E-state index contributed by atoms with van der Waals surface area (Å²) in [5.41, 5.74) is 0.329. The summed E-state index contributed by atoms with van der Waals surface area (Å²) in [6.45, 7) is 5.09. The van der Waals surface area contributed by atoms with Crippen LogP contribution in [-0.2, 0) is 10.0 Å². The average Bonchev–Trinajstić information content (AvgIpc) is 2.79. The van der Waals surface area contributed by atoms with Gasteiger partial charge in [0.2, 0.25) is 0 Å². The van der Waals surface area contributed by atoms with Crippen molar-refractivity contribution in [1.82, 2.24) is 9.88 Å². The molecule has 2 aromatic rings. The second-order valence-electron chi connectivity index (χ2n) is 4.52. The average molecular weight is 324 g/mol. The highest BCUT2D eigenvalue weighted by Gasteiger charge is 2.27. The first-order chi connectivity index (χ1) is 10.4. The molecule has 0 unspecified atom stereocenters. The molecular formula is C14H16N2O5S. The first kappa shape index (κ1) is 16.0.